The molecule has 0 aliphatic carbocycles. The second-order valence-electron chi connectivity index (χ2n) is 5.77. The summed E-state index contributed by atoms with van der Waals surface area (Å²) in [5, 5.41) is 18.9. The van der Waals surface area contributed by atoms with E-state index in [1.807, 2.05) is 24.3 Å². The Morgan fingerprint density at radius 2 is 1.85 bits per heavy atom. The molecular weight excluding hydrogens is 334 g/mol. The number of hydrogen-bond acceptors (Lipinski definition) is 6. The molecule has 0 saturated heterocycles. The van der Waals surface area contributed by atoms with Gasteiger partial charge in [-0.3, -0.25) is 0 Å². The maximum atomic E-state index is 11.3. The zero-order valence-electron chi connectivity index (χ0n) is 14.4. The lowest BCUT2D eigenvalue weighted by atomic mass is 10.2. The Hall–Kier alpha value is -3.19. The summed E-state index contributed by atoms with van der Waals surface area (Å²) in [6.45, 7) is 5.82. The lowest BCUT2D eigenvalue weighted by Gasteiger charge is -2.08. The molecule has 26 heavy (non-hydrogen) atoms. The van der Waals surface area contributed by atoms with E-state index in [2.05, 4.69) is 16.8 Å². The molecule has 1 aromatic heterocycles. The number of aromatic hydroxyl groups is 1. The van der Waals surface area contributed by atoms with Crippen molar-refractivity contribution < 1.29 is 19.4 Å². The summed E-state index contributed by atoms with van der Waals surface area (Å²) in [6.07, 6.45) is 0. The first-order chi connectivity index (χ1) is 12.5. The van der Waals surface area contributed by atoms with Gasteiger partial charge >= 0.3 is 5.97 Å². The minimum atomic E-state index is -0.433. The summed E-state index contributed by atoms with van der Waals surface area (Å²) in [7, 11) is 0. The van der Waals surface area contributed by atoms with Crippen LogP contribution in [-0.2, 0) is 20.9 Å². The van der Waals surface area contributed by atoms with Crippen molar-refractivity contribution in [2.45, 2.75) is 13.5 Å². The molecule has 0 fully saturated rings. The van der Waals surface area contributed by atoms with Crippen molar-refractivity contribution in [3.63, 3.8) is 0 Å². The smallest absolute Gasteiger partial charge is 0.333 e. The summed E-state index contributed by atoms with van der Waals surface area (Å²) < 4.78 is 10.5. The predicted molar refractivity (Wildman–Crippen MR) is 96.0 cm³/mol. The van der Waals surface area contributed by atoms with Crippen LogP contribution in [0.25, 0.3) is 16.7 Å². The highest BCUT2D eigenvalue weighted by Gasteiger charge is 2.10. The van der Waals surface area contributed by atoms with Gasteiger partial charge in [-0.1, -0.05) is 24.8 Å². The number of carbonyl (C=O) groups is 1. The predicted octanol–water partition coefficient (Wildman–Crippen LogP) is 2.76. The highest BCUT2D eigenvalue weighted by atomic mass is 16.6. The largest absolute Gasteiger partial charge is 0.506 e. The van der Waals surface area contributed by atoms with Crippen molar-refractivity contribution in [1.29, 1.82) is 0 Å². The van der Waals surface area contributed by atoms with Gasteiger partial charge in [-0.15, -0.1) is 15.0 Å². The van der Waals surface area contributed by atoms with Gasteiger partial charge in [-0.2, -0.15) is 0 Å². The van der Waals surface area contributed by atoms with Gasteiger partial charge in [0.05, 0.1) is 13.2 Å². The topological polar surface area (TPSA) is 86.5 Å². The Balaban J connectivity index is 1.64. The van der Waals surface area contributed by atoms with Gasteiger partial charge in [0.1, 0.15) is 29.1 Å². The molecule has 0 aliphatic heterocycles. The van der Waals surface area contributed by atoms with E-state index in [1.54, 1.807) is 25.1 Å². The van der Waals surface area contributed by atoms with Gasteiger partial charge in [-0.05, 0) is 36.8 Å². The van der Waals surface area contributed by atoms with Crippen LogP contribution in [0.3, 0.4) is 0 Å². The third kappa shape index (κ3) is 4.07. The second kappa shape index (κ2) is 7.79. The van der Waals surface area contributed by atoms with Crippen molar-refractivity contribution in [3.05, 3.63) is 60.2 Å². The molecule has 0 bridgehead atoms. The molecule has 2 aromatic carbocycles. The van der Waals surface area contributed by atoms with Gasteiger partial charge in [0.2, 0.25) is 0 Å². The van der Waals surface area contributed by atoms with Crippen LogP contribution in [-0.4, -0.2) is 39.3 Å². The zero-order chi connectivity index (χ0) is 18.5. The Labute approximate surface area is 150 Å². The van der Waals surface area contributed by atoms with Crippen molar-refractivity contribution in [1.82, 2.24) is 15.0 Å². The first kappa shape index (κ1) is 17.6. The number of benzene rings is 2. The third-order valence-electron chi connectivity index (χ3n) is 3.62. The fraction of sp³-hybridized carbons (Fsp3) is 0.211. The van der Waals surface area contributed by atoms with Crippen molar-refractivity contribution in [2.75, 3.05) is 13.2 Å². The standard InChI is InChI=1S/C19H19N3O4/c1-13(2)19(24)26-10-9-25-12-14-7-8-18(23)17(11-14)22-20-15-5-3-4-6-16(15)21-22/h3-8,11,23H,1,9-10,12H2,2H3. The molecule has 7 heteroatoms. The van der Waals surface area contributed by atoms with E-state index in [-0.39, 0.29) is 19.0 Å². The fourth-order valence-electron chi connectivity index (χ4n) is 2.29. The van der Waals surface area contributed by atoms with E-state index >= 15 is 0 Å². The number of nitrogens with zero attached hydrogens (tertiary/aromatic N) is 3. The Morgan fingerprint density at radius 1 is 1.15 bits per heavy atom. The minimum absolute atomic E-state index is 0.0736. The summed E-state index contributed by atoms with van der Waals surface area (Å²) >= 11 is 0. The molecule has 7 nitrogen and oxygen atoms in total. The van der Waals surface area contributed by atoms with Crippen LogP contribution in [0.1, 0.15) is 12.5 Å². The number of aromatic nitrogens is 3. The van der Waals surface area contributed by atoms with Crippen molar-refractivity contribution >= 4 is 17.0 Å². The Morgan fingerprint density at radius 3 is 2.50 bits per heavy atom. The van der Waals surface area contributed by atoms with Crippen LogP contribution in [0.4, 0.5) is 0 Å². The number of rotatable bonds is 7. The molecule has 1 N–H and O–H groups in total. The Kier molecular flexibility index (Phi) is 5.28. The summed E-state index contributed by atoms with van der Waals surface area (Å²) in [4.78, 5) is 12.7. The molecule has 0 saturated carbocycles. The molecule has 0 unspecified atom stereocenters. The molecule has 1 heterocycles. The molecular formula is C19H19N3O4. The van der Waals surface area contributed by atoms with Crippen molar-refractivity contribution in [2.24, 2.45) is 0 Å². The van der Waals surface area contributed by atoms with Crippen LogP contribution < -0.4 is 0 Å². The van der Waals surface area contributed by atoms with E-state index in [4.69, 9.17) is 9.47 Å². The number of ether oxygens (including phenoxy) is 2. The molecule has 0 atom stereocenters. The number of fused-ring (bicyclic) bond motifs is 1. The van der Waals surface area contributed by atoms with Crippen LogP contribution in [0, 0.1) is 0 Å². The zero-order valence-corrected chi connectivity index (χ0v) is 14.4. The number of hydrogen-bond donors (Lipinski definition) is 1. The number of carbonyl (C=O) groups excluding carboxylic acids is 1. The molecule has 3 rings (SSSR count). The van der Waals surface area contributed by atoms with Gasteiger partial charge in [0.15, 0.2) is 0 Å². The third-order valence-corrected chi connectivity index (χ3v) is 3.62. The molecule has 0 amide bonds. The summed E-state index contributed by atoms with van der Waals surface area (Å²) in [5.41, 5.74) is 3.15. The van der Waals surface area contributed by atoms with E-state index in [1.165, 1.54) is 4.80 Å². The number of phenolic OH excluding ortho intramolecular Hbond substituents is 1. The van der Waals surface area contributed by atoms with Crippen LogP contribution in [0.5, 0.6) is 5.75 Å². The first-order valence-electron chi connectivity index (χ1n) is 8.09. The average Bonchev–Trinajstić information content (AvgIpc) is 3.06. The molecule has 0 spiro atoms. The number of phenols is 1. The van der Waals surface area contributed by atoms with Gasteiger partial charge in [-0.25, -0.2) is 4.79 Å². The van der Waals surface area contributed by atoms with Gasteiger partial charge in [0, 0.05) is 5.57 Å². The van der Waals surface area contributed by atoms with Crippen LogP contribution in [0.15, 0.2) is 54.6 Å². The van der Waals surface area contributed by atoms with E-state index < -0.39 is 5.97 Å². The van der Waals surface area contributed by atoms with E-state index in [9.17, 15) is 9.90 Å². The fourth-order valence-corrected chi connectivity index (χ4v) is 2.29. The molecule has 0 radical (unpaired) electrons. The highest BCUT2D eigenvalue weighted by Crippen LogP contribution is 2.23. The highest BCUT2D eigenvalue weighted by molar-refractivity contribution is 5.86. The number of esters is 1. The Bertz CT molecular complexity index is 916. The SMILES string of the molecule is C=C(C)C(=O)OCCOCc1ccc(O)c(-n2nc3ccccc3n2)c1. The average molecular weight is 353 g/mol. The first-order valence-corrected chi connectivity index (χ1v) is 8.09. The normalized spacial score (nSPS) is 10.8. The summed E-state index contributed by atoms with van der Waals surface area (Å²) in [5.74, 6) is -0.359. The van der Waals surface area contributed by atoms with Crippen molar-refractivity contribution in [3.8, 4) is 11.4 Å². The van der Waals surface area contributed by atoms with Crippen LogP contribution in [0.2, 0.25) is 0 Å². The maximum Gasteiger partial charge on any atom is 0.333 e. The quantitative estimate of drug-likeness (QED) is 0.399. The van der Waals surface area contributed by atoms with E-state index in [0.717, 1.165) is 16.6 Å². The molecule has 134 valence electrons. The lowest BCUT2D eigenvalue weighted by molar-refractivity contribution is -0.140. The van der Waals surface area contributed by atoms with E-state index in [0.29, 0.717) is 17.9 Å². The van der Waals surface area contributed by atoms with Gasteiger partial charge in [0.25, 0.3) is 0 Å². The molecule has 3 aromatic rings. The lowest BCUT2D eigenvalue weighted by Crippen LogP contribution is -2.11. The minimum Gasteiger partial charge on any atom is -0.506 e. The van der Waals surface area contributed by atoms with Crippen LogP contribution >= 0.6 is 0 Å². The maximum absolute atomic E-state index is 11.3. The second-order valence-corrected chi connectivity index (χ2v) is 5.77. The molecule has 0 aliphatic rings. The summed E-state index contributed by atoms with van der Waals surface area (Å²) in [6, 6.07) is 12.6. The monoisotopic (exact) mass is 353 g/mol. The van der Waals surface area contributed by atoms with Gasteiger partial charge < -0.3 is 14.6 Å².